The van der Waals surface area contributed by atoms with Crippen LogP contribution in [0.3, 0.4) is 0 Å². The Labute approximate surface area is 118 Å². The predicted octanol–water partition coefficient (Wildman–Crippen LogP) is 3.87. The van der Waals surface area contributed by atoms with Gasteiger partial charge < -0.3 is 10.4 Å². The first-order chi connectivity index (χ1) is 9.06. The molecule has 2 aromatic carbocycles. The molecule has 0 aliphatic carbocycles. The van der Waals surface area contributed by atoms with Crippen LogP contribution >= 0.6 is 15.9 Å². The van der Waals surface area contributed by atoms with Gasteiger partial charge in [-0.15, -0.1) is 0 Å². The van der Waals surface area contributed by atoms with Crippen LogP contribution in [0.15, 0.2) is 46.9 Å². The molecule has 0 bridgehead atoms. The van der Waals surface area contributed by atoms with Gasteiger partial charge in [0.2, 0.25) is 0 Å². The van der Waals surface area contributed by atoms with E-state index >= 15 is 0 Å². The van der Waals surface area contributed by atoms with Crippen molar-refractivity contribution in [3.05, 3.63) is 64.1 Å². The highest BCUT2D eigenvalue weighted by molar-refractivity contribution is 9.10. The molecule has 0 aliphatic rings. The van der Waals surface area contributed by atoms with E-state index < -0.39 is 17.7 Å². The Balaban J connectivity index is 2.04. The molecule has 1 unspecified atom stereocenters. The molecule has 2 rings (SSSR count). The molecule has 0 fully saturated rings. The van der Waals surface area contributed by atoms with Gasteiger partial charge in [0.05, 0.1) is 11.8 Å². The van der Waals surface area contributed by atoms with Crippen LogP contribution < -0.4 is 5.32 Å². The molecule has 2 nitrogen and oxygen atoms in total. The maximum Gasteiger partial charge on any atom is 0.146 e. The SMILES string of the molecule is OC(CNc1cc(Br)ccc1F)c1cccc(F)c1. The van der Waals surface area contributed by atoms with Crippen molar-refractivity contribution in [2.24, 2.45) is 0 Å². The number of nitrogens with one attached hydrogen (secondary N) is 1. The summed E-state index contributed by atoms with van der Waals surface area (Å²) >= 11 is 3.24. The molecule has 19 heavy (non-hydrogen) atoms. The monoisotopic (exact) mass is 327 g/mol. The van der Waals surface area contributed by atoms with Gasteiger partial charge in [-0.05, 0) is 35.9 Å². The highest BCUT2D eigenvalue weighted by Gasteiger charge is 2.09. The summed E-state index contributed by atoms with van der Waals surface area (Å²) in [6.45, 7) is 0.0941. The van der Waals surface area contributed by atoms with E-state index in [0.29, 0.717) is 5.56 Å². The smallest absolute Gasteiger partial charge is 0.146 e. The molecule has 2 aromatic rings. The average Bonchev–Trinajstić information content (AvgIpc) is 2.39. The Morgan fingerprint density at radius 3 is 2.68 bits per heavy atom. The highest BCUT2D eigenvalue weighted by atomic mass is 79.9. The van der Waals surface area contributed by atoms with Gasteiger partial charge in [0.15, 0.2) is 0 Å². The fraction of sp³-hybridized carbons (Fsp3) is 0.143. The van der Waals surface area contributed by atoms with E-state index in [-0.39, 0.29) is 12.2 Å². The predicted molar refractivity (Wildman–Crippen MR) is 73.9 cm³/mol. The van der Waals surface area contributed by atoms with Crippen LogP contribution in [0.2, 0.25) is 0 Å². The van der Waals surface area contributed by atoms with Crippen molar-refractivity contribution in [1.29, 1.82) is 0 Å². The number of aliphatic hydroxyl groups is 1. The van der Waals surface area contributed by atoms with Crippen molar-refractivity contribution in [2.75, 3.05) is 11.9 Å². The summed E-state index contributed by atoms with van der Waals surface area (Å²) in [6.07, 6.45) is -0.908. The Bertz CT molecular complexity index is 577. The minimum atomic E-state index is -0.908. The lowest BCUT2D eigenvalue weighted by molar-refractivity contribution is 0.191. The second kappa shape index (κ2) is 6.12. The standard InChI is InChI=1S/C14H12BrF2NO/c15-10-4-5-12(17)13(7-10)18-8-14(19)9-2-1-3-11(16)6-9/h1-7,14,18-19H,8H2. The fourth-order valence-electron chi connectivity index (χ4n) is 1.67. The molecule has 0 spiro atoms. The summed E-state index contributed by atoms with van der Waals surface area (Å²) < 4.78 is 27.2. The summed E-state index contributed by atoms with van der Waals surface area (Å²) in [7, 11) is 0. The Morgan fingerprint density at radius 2 is 1.95 bits per heavy atom. The first-order valence-electron chi connectivity index (χ1n) is 5.69. The lowest BCUT2D eigenvalue weighted by Crippen LogP contribution is -2.13. The minimum Gasteiger partial charge on any atom is -0.387 e. The summed E-state index contributed by atoms with van der Waals surface area (Å²) in [5, 5.41) is 12.7. The average molecular weight is 328 g/mol. The van der Waals surface area contributed by atoms with Gasteiger partial charge in [0, 0.05) is 11.0 Å². The minimum absolute atomic E-state index is 0.0941. The zero-order chi connectivity index (χ0) is 13.8. The lowest BCUT2D eigenvalue weighted by Gasteiger charge is -2.14. The maximum atomic E-state index is 13.5. The number of benzene rings is 2. The summed E-state index contributed by atoms with van der Waals surface area (Å²) in [4.78, 5) is 0. The number of halogens is 3. The van der Waals surface area contributed by atoms with E-state index in [4.69, 9.17) is 0 Å². The molecule has 0 aliphatic heterocycles. The van der Waals surface area contributed by atoms with Crippen LogP contribution in [0.4, 0.5) is 14.5 Å². The fourth-order valence-corrected chi connectivity index (χ4v) is 2.03. The van der Waals surface area contributed by atoms with E-state index in [1.165, 1.54) is 24.3 Å². The second-order valence-corrected chi connectivity index (χ2v) is 4.99. The quantitative estimate of drug-likeness (QED) is 0.893. The first kappa shape index (κ1) is 14.0. The topological polar surface area (TPSA) is 32.3 Å². The van der Waals surface area contributed by atoms with Crippen molar-refractivity contribution in [3.8, 4) is 0 Å². The molecular formula is C14H12BrF2NO. The first-order valence-corrected chi connectivity index (χ1v) is 6.48. The third kappa shape index (κ3) is 3.75. The third-order valence-corrected chi connectivity index (χ3v) is 3.14. The van der Waals surface area contributed by atoms with E-state index in [2.05, 4.69) is 21.2 Å². The molecule has 100 valence electrons. The molecule has 0 saturated carbocycles. The number of hydrogen-bond donors (Lipinski definition) is 2. The van der Waals surface area contributed by atoms with Gasteiger partial charge in [0.25, 0.3) is 0 Å². The van der Waals surface area contributed by atoms with Crippen molar-refractivity contribution < 1.29 is 13.9 Å². The highest BCUT2D eigenvalue weighted by Crippen LogP contribution is 2.21. The van der Waals surface area contributed by atoms with E-state index in [1.807, 2.05) is 0 Å². The van der Waals surface area contributed by atoms with Crippen molar-refractivity contribution in [2.45, 2.75) is 6.10 Å². The van der Waals surface area contributed by atoms with Crippen LogP contribution in [0.1, 0.15) is 11.7 Å². The van der Waals surface area contributed by atoms with E-state index in [0.717, 1.165) is 4.47 Å². The summed E-state index contributed by atoms with van der Waals surface area (Å²) in [6, 6.07) is 10.2. The zero-order valence-corrected chi connectivity index (χ0v) is 11.5. The molecule has 0 aromatic heterocycles. The number of rotatable bonds is 4. The van der Waals surface area contributed by atoms with E-state index in [9.17, 15) is 13.9 Å². The molecule has 2 N–H and O–H groups in total. The Morgan fingerprint density at radius 1 is 1.16 bits per heavy atom. The Hall–Kier alpha value is -1.46. The lowest BCUT2D eigenvalue weighted by atomic mass is 10.1. The second-order valence-electron chi connectivity index (χ2n) is 4.08. The largest absolute Gasteiger partial charge is 0.387 e. The Kier molecular flexibility index (Phi) is 4.50. The summed E-state index contributed by atoms with van der Waals surface area (Å²) in [5.74, 6) is -0.820. The van der Waals surface area contributed by atoms with Crippen LogP contribution in [-0.4, -0.2) is 11.7 Å². The molecule has 0 saturated heterocycles. The molecular weight excluding hydrogens is 316 g/mol. The normalized spacial score (nSPS) is 12.2. The summed E-state index contributed by atoms with van der Waals surface area (Å²) in [5.41, 5.74) is 0.729. The maximum absolute atomic E-state index is 13.5. The molecule has 0 radical (unpaired) electrons. The van der Waals surface area contributed by atoms with Crippen LogP contribution in [-0.2, 0) is 0 Å². The van der Waals surface area contributed by atoms with Crippen LogP contribution in [0, 0.1) is 11.6 Å². The zero-order valence-electron chi connectivity index (χ0n) is 9.91. The van der Waals surface area contributed by atoms with E-state index in [1.54, 1.807) is 18.2 Å². The van der Waals surface area contributed by atoms with Gasteiger partial charge in [-0.3, -0.25) is 0 Å². The van der Waals surface area contributed by atoms with Gasteiger partial charge in [0.1, 0.15) is 11.6 Å². The number of hydrogen-bond acceptors (Lipinski definition) is 2. The van der Waals surface area contributed by atoms with Gasteiger partial charge in [-0.2, -0.15) is 0 Å². The van der Waals surface area contributed by atoms with Crippen molar-refractivity contribution >= 4 is 21.6 Å². The van der Waals surface area contributed by atoms with Crippen LogP contribution in [0.5, 0.6) is 0 Å². The van der Waals surface area contributed by atoms with Crippen molar-refractivity contribution in [1.82, 2.24) is 0 Å². The molecule has 0 heterocycles. The number of aliphatic hydroxyl groups excluding tert-OH is 1. The van der Waals surface area contributed by atoms with Gasteiger partial charge in [-0.25, -0.2) is 8.78 Å². The number of anilines is 1. The molecule has 0 amide bonds. The van der Waals surface area contributed by atoms with Crippen molar-refractivity contribution in [3.63, 3.8) is 0 Å². The molecule has 1 atom stereocenters. The third-order valence-electron chi connectivity index (χ3n) is 2.65. The van der Waals surface area contributed by atoms with Gasteiger partial charge >= 0.3 is 0 Å². The van der Waals surface area contributed by atoms with Gasteiger partial charge in [-0.1, -0.05) is 28.1 Å². The molecule has 5 heteroatoms. The van der Waals surface area contributed by atoms with Crippen LogP contribution in [0.25, 0.3) is 0 Å².